The summed E-state index contributed by atoms with van der Waals surface area (Å²) < 4.78 is 5.73. The van der Waals surface area contributed by atoms with Crippen molar-refractivity contribution in [1.29, 1.82) is 0 Å². The van der Waals surface area contributed by atoms with Crippen LogP contribution >= 0.6 is 11.6 Å². The summed E-state index contributed by atoms with van der Waals surface area (Å²) in [5, 5.41) is 0.758. The van der Waals surface area contributed by atoms with Gasteiger partial charge in [0.15, 0.2) is 0 Å². The SMILES string of the molecule is CCN(CC)CCOc1ccc(Cl)cc1C. The van der Waals surface area contributed by atoms with E-state index in [0.717, 1.165) is 42.6 Å². The molecule has 0 aliphatic rings. The number of aryl methyl sites for hydroxylation is 1. The Morgan fingerprint density at radius 2 is 1.94 bits per heavy atom. The summed E-state index contributed by atoms with van der Waals surface area (Å²) in [6.45, 7) is 10.2. The van der Waals surface area contributed by atoms with Crippen molar-refractivity contribution >= 4 is 11.6 Å². The first-order chi connectivity index (χ1) is 7.67. The molecule has 0 saturated heterocycles. The van der Waals surface area contributed by atoms with Crippen molar-refractivity contribution in [3.63, 3.8) is 0 Å². The third-order valence-corrected chi connectivity index (χ3v) is 2.93. The number of rotatable bonds is 6. The molecular formula is C13H20ClNO. The quantitative estimate of drug-likeness (QED) is 0.757. The minimum absolute atomic E-state index is 0.726. The number of nitrogens with zero attached hydrogens (tertiary/aromatic N) is 1. The Bertz CT molecular complexity index is 324. The molecule has 0 spiro atoms. The molecule has 0 unspecified atom stereocenters. The number of halogens is 1. The number of likely N-dealkylation sites (N-methyl/N-ethyl adjacent to an activating group) is 1. The average Bonchev–Trinajstić information content (AvgIpc) is 2.27. The Balaban J connectivity index is 2.42. The van der Waals surface area contributed by atoms with Crippen LogP contribution in [0.15, 0.2) is 18.2 Å². The highest BCUT2D eigenvalue weighted by atomic mass is 35.5. The maximum atomic E-state index is 5.88. The predicted octanol–water partition coefficient (Wildman–Crippen LogP) is 3.37. The molecule has 16 heavy (non-hydrogen) atoms. The molecule has 0 N–H and O–H groups in total. The highest BCUT2D eigenvalue weighted by Gasteiger charge is 2.02. The molecule has 0 bridgehead atoms. The maximum absolute atomic E-state index is 5.88. The lowest BCUT2D eigenvalue weighted by Crippen LogP contribution is -2.27. The molecule has 0 atom stereocenters. The topological polar surface area (TPSA) is 12.5 Å². The highest BCUT2D eigenvalue weighted by Crippen LogP contribution is 2.21. The van der Waals surface area contributed by atoms with Gasteiger partial charge in [-0.15, -0.1) is 0 Å². The minimum atomic E-state index is 0.726. The van der Waals surface area contributed by atoms with Gasteiger partial charge in [-0.1, -0.05) is 25.4 Å². The van der Waals surface area contributed by atoms with Crippen molar-refractivity contribution in [2.45, 2.75) is 20.8 Å². The fourth-order valence-corrected chi connectivity index (χ4v) is 1.83. The van der Waals surface area contributed by atoms with Crippen LogP contribution in [0.4, 0.5) is 0 Å². The van der Waals surface area contributed by atoms with E-state index < -0.39 is 0 Å². The lowest BCUT2D eigenvalue weighted by molar-refractivity contribution is 0.222. The fourth-order valence-electron chi connectivity index (χ4n) is 1.60. The van der Waals surface area contributed by atoms with E-state index in [2.05, 4.69) is 18.7 Å². The van der Waals surface area contributed by atoms with Crippen LogP contribution in [-0.4, -0.2) is 31.1 Å². The summed E-state index contributed by atoms with van der Waals surface area (Å²) in [7, 11) is 0. The largest absolute Gasteiger partial charge is 0.492 e. The predicted molar refractivity (Wildman–Crippen MR) is 69.5 cm³/mol. The van der Waals surface area contributed by atoms with E-state index in [1.54, 1.807) is 0 Å². The lowest BCUT2D eigenvalue weighted by atomic mass is 10.2. The van der Waals surface area contributed by atoms with Gasteiger partial charge in [-0.2, -0.15) is 0 Å². The van der Waals surface area contributed by atoms with Crippen molar-refractivity contribution in [2.75, 3.05) is 26.2 Å². The van der Waals surface area contributed by atoms with Crippen LogP contribution in [0.25, 0.3) is 0 Å². The van der Waals surface area contributed by atoms with E-state index in [9.17, 15) is 0 Å². The summed E-state index contributed by atoms with van der Waals surface area (Å²) in [5.74, 6) is 0.927. The second-order valence-electron chi connectivity index (χ2n) is 3.79. The zero-order chi connectivity index (χ0) is 12.0. The Labute approximate surface area is 103 Å². The van der Waals surface area contributed by atoms with Crippen LogP contribution in [0.3, 0.4) is 0 Å². The minimum Gasteiger partial charge on any atom is -0.492 e. The first-order valence-corrected chi connectivity index (χ1v) is 6.16. The van der Waals surface area contributed by atoms with Gasteiger partial charge < -0.3 is 9.64 Å². The van der Waals surface area contributed by atoms with Gasteiger partial charge in [-0.05, 0) is 43.8 Å². The van der Waals surface area contributed by atoms with Crippen molar-refractivity contribution in [1.82, 2.24) is 4.90 Å². The smallest absolute Gasteiger partial charge is 0.122 e. The van der Waals surface area contributed by atoms with E-state index in [-0.39, 0.29) is 0 Å². The molecule has 0 amide bonds. The van der Waals surface area contributed by atoms with Crippen LogP contribution in [0.1, 0.15) is 19.4 Å². The highest BCUT2D eigenvalue weighted by molar-refractivity contribution is 6.30. The second-order valence-corrected chi connectivity index (χ2v) is 4.22. The molecule has 0 radical (unpaired) electrons. The normalized spacial score (nSPS) is 10.8. The Morgan fingerprint density at radius 3 is 2.50 bits per heavy atom. The van der Waals surface area contributed by atoms with E-state index >= 15 is 0 Å². The summed E-state index contributed by atoms with van der Waals surface area (Å²) in [6.07, 6.45) is 0. The molecule has 3 heteroatoms. The van der Waals surface area contributed by atoms with Crippen LogP contribution in [0.5, 0.6) is 5.75 Å². The van der Waals surface area contributed by atoms with Crippen molar-refractivity contribution < 1.29 is 4.74 Å². The number of benzene rings is 1. The first-order valence-electron chi connectivity index (χ1n) is 5.78. The molecule has 1 aromatic rings. The molecule has 0 saturated carbocycles. The second kappa shape index (κ2) is 6.77. The monoisotopic (exact) mass is 241 g/mol. The van der Waals surface area contributed by atoms with Gasteiger partial charge in [-0.25, -0.2) is 0 Å². The number of hydrogen-bond donors (Lipinski definition) is 0. The molecular weight excluding hydrogens is 222 g/mol. The van der Waals surface area contributed by atoms with Crippen molar-refractivity contribution in [3.8, 4) is 5.75 Å². The first kappa shape index (κ1) is 13.3. The van der Waals surface area contributed by atoms with Crippen LogP contribution < -0.4 is 4.74 Å². The Morgan fingerprint density at radius 1 is 1.25 bits per heavy atom. The Kier molecular flexibility index (Phi) is 5.64. The van der Waals surface area contributed by atoms with E-state index in [1.807, 2.05) is 25.1 Å². The van der Waals surface area contributed by atoms with Gasteiger partial charge in [-0.3, -0.25) is 0 Å². The zero-order valence-electron chi connectivity index (χ0n) is 10.3. The van der Waals surface area contributed by atoms with Gasteiger partial charge >= 0.3 is 0 Å². The van der Waals surface area contributed by atoms with Crippen molar-refractivity contribution in [3.05, 3.63) is 28.8 Å². The molecule has 0 aliphatic carbocycles. The molecule has 0 heterocycles. The third kappa shape index (κ3) is 4.03. The standard InChI is InChI=1S/C13H20ClNO/c1-4-15(5-2)8-9-16-13-7-6-12(14)10-11(13)3/h6-7,10H,4-5,8-9H2,1-3H3. The molecule has 1 aromatic carbocycles. The number of ether oxygens (including phenoxy) is 1. The van der Waals surface area contributed by atoms with Crippen LogP contribution in [0.2, 0.25) is 5.02 Å². The Hall–Kier alpha value is -0.730. The zero-order valence-corrected chi connectivity index (χ0v) is 11.0. The third-order valence-electron chi connectivity index (χ3n) is 2.70. The average molecular weight is 242 g/mol. The van der Waals surface area contributed by atoms with Gasteiger partial charge in [0.25, 0.3) is 0 Å². The van der Waals surface area contributed by atoms with Gasteiger partial charge in [0.2, 0.25) is 0 Å². The van der Waals surface area contributed by atoms with Gasteiger partial charge in [0.1, 0.15) is 12.4 Å². The van der Waals surface area contributed by atoms with Crippen LogP contribution in [-0.2, 0) is 0 Å². The molecule has 0 aliphatic heterocycles. The summed E-state index contributed by atoms with van der Waals surface area (Å²) in [4.78, 5) is 2.34. The molecule has 90 valence electrons. The summed E-state index contributed by atoms with van der Waals surface area (Å²) in [6, 6.07) is 5.72. The van der Waals surface area contributed by atoms with E-state index in [4.69, 9.17) is 16.3 Å². The molecule has 0 fully saturated rings. The van der Waals surface area contributed by atoms with Crippen LogP contribution in [0, 0.1) is 6.92 Å². The van der Waals surface area contributed by atoms with Gasteiger partial charge in [0, 0.05) is 11.6 Å². The number of hydrogen-bond acceptors (Lipinski definition) is 2. The molecule has 2 nitrogen and oxygen atoms in total. The molecule has 0 aromatic heterocycles. The fraction of sp³-hybridized carbons (Fsp3) is 0.538. The summed E-state index contributed by atoms with van der Waals surface area (Å²) >= 11 is 5.88. The maximum Gasteiger partial charge on any atom is 0.122 e. The van der Waals surface area contributed by atoms with Crippen molar-refractivity contribution in [2.24, 2.45) is 0 Å². The van der Waals surface area contributed by atoms with E-state index in [1.165, 1.54) is 0 Å². The molecule has 1 rings (SSSR count). The van der Waals surface area contributed by atoms with E-state index in [0.29, 0.717) is 0 Å². The lowest BCUT2D eigenvalue weighted by Gasteiger charge is -2.18. The summed E-state index contributed by atoms with van der Waals surface area (Å²) in [5.41, 5.74) is 1.09. The van der Waals surface area contributed by atoms with Gasteiger partial charge in [0.05, 0.1) is 0 Å².